The Morgan fingerprint density at radius 2 is 1.36 bits per heavy atom. The van der Waals surface area contributed by atoms with Crippen LogP contribution in [0.2, 0.25) is 13.1 Å². The molecule has 0 aliphatic heterocycles. The van der Waals surface area contributed by atoms with Crippen molar-refractivity contribution in [2.45, 2.75) is 51.1 Å². The zero-order chi connectivity index (χ0) is 16.4. The summed E-state index contributed by atoms with van der Waals surface area (Å²) in [6.07, 6.45) is 18.6. The highest BCUT2D eigenvalue weighted by Crippen LogP contribution is 2.52. The molecule has 22 heavy (non-hydrogen) atoms. The molecule has 0 spiro atoms. The Morgan fingerprint density at radius 1 is 0.864 bits per heavy atom. The summed E-state index contributed by atoms with van der Waals surface area (Å²) in [6, 6.07) is 0. The van der Waals surface area contributed by atoms with E-state index in [0.717, 1.165) is 16.7 Å². The van der Waals surface area contributed by atoms with Gasteiger partial charge in [-0.05, 0) is 17.6 Å². The van der Waals surface area contributed by atoms with Gasteiger partial charge in [0.05, 0.1) is 7.74 Å². The molecule has 6 atom stereocenters. The quantitative estimate of drug-likeness (QED) is 0.413. The molecule has 0 radical (unpaired) electrons. The van der Waals surface area contributed by atoms with Crippen molar-refractivity contribution < 1.29 is 0 Å². The summed E-state index contributed by atoms with van der Waals surface area (Å²) in [4.78, 5) is 0. The van der Waals surface area contributed by atoms with Crippen molar-refractivity contribution in [3.05, 3.63) is 48.6 Å². The molecule has 0 amide bonds. The maximum atomic E-state index is 2.61. The van der Waals surface area contributed by atoms with Crippen LogP contribution in [0.15, 0.2) is 48.6 Å². The van der Waals surface area contributed by atoms with Gasteiger partial charge in [0.1, 0.15) is 0 Å². The summed E-state index contributed by atoms with van der Waals surface area (Å²) in [5.41, 5.74) is 0. The zero-order valence-electron chi connectivity index (χ0n) is 15.0. The van der Waals surface area contributed by atoms with Gasteiger partial charge in [0.15, 0.2) is 0 Å². The van der Waals surface area contributed by atoms with Crippen LogP contribution in [0, 0.1) is 11.8 Å². The van der Waals surface area contributed by atoms with E-state index in [-0.39, 0.29) is 0 Å². The molecule has 6 unspecified atom stereocenters. The van der Waals surface area contributed by atoms with E-state index in [1.54, 1.807) is 0 Å². The van der Waals surface area contributed by atoms with Crippen LogP contribution in [-0.2, 0) is 0 Å². The second-order valence-corrected chi connectivity index (χ2v) is 20.7. The van der Waals surface area contributed by atoms with Crippen LogP contribution < -0.4 is 0 Å². The Labute approximate surface area is 142 Å². The van der Waals surface area contributed by atoms with Gasteiger partial charge in [-0.25, -0.2) is 0 Å². The minimum atomic E-state index is -1.17. The Morgan fingerprint density at radius 3 is 1.86 bits per heavy atom. The summed E-state index contributed by atoms with van der Waals surface area (Å²) in [5, 5.41) is 0.780. The van der Waals surface area contributed by atoms with Crippen molar-refractivity contribution in [3.8, 4) is 0 Å². The van der Waals surface area contributed by atoms with Gasteiger partial charge in [-0.2, -0.15) is 0 Å². The van der Waals surface area contributed by atoms with Crippen LogP contribution in [0.1, 0.15) is 27.7 Å². The first kappa shape index (κ1) is 18.4. The van der Waals surface area contributed by atoms with Crippen molar-refractivity contribution in [3.63, 3.8) is 0 Å². The minimum absolute atomic E-state index is 0.387. The molecule has 0 bridgehead atoms. The van der Waals surface area contributed by atoms with Crippen LogP contribution in [0.3, 0.4) is 0 Å². The van der Waals surface area contributed by atoms with E-state index in [2.05, 4.69) is 89.4 Å². The summed E-state index contributed by atoms with van der Waals surface area (Å²) in [6.45, 7) is 14.9. The predicted molar refractivity (Wildman–Crippen MR) is 111 cm³/mol. The Hall–Kier alpha value is 0.0369. The molecular weight excluding hydrogens is 318 g/mol. The highest BCUT2D eigenvalue weighted by molar-refractivity contribution is 7.85. The maximum absolute atomic E-state index is 2.61. The number of hydrogen-bond donors (Lipinski definition) is 0. The molecule has 0 fully saturated rings. The second kappa shape index (κ2) is 6.88. The standard InChI is InChI=1S/C19H32P2Si/c1-16-11-7-9-13-18(16,3)20-15-22(5,6)21-19(4)14-10-8-12-17(19)2/h7-14,16-17,20-21H,15H2,1-6H3. The first-order chi connectivity index (χ1) is 10.2. The lowest BCUT2D eigenvalue weighted by atomic mass is 9.91. The molecule has 122 valence electrons. The van der Waals surface area contributed by atoms with Gasteiger partial charge >= 0.3 is 0 Å². The lowest BCUT2D eigenvalue weighted by Gasteiger charge is -2.41. The molecule has 0 heterocycles. The van der Waals surface area contributed by atoms with Crippen LogP contribution >= 0.6 is 16.7 Å². The average Bonchev–Trinajstić information content (AvgIpc) is 2.43. The third kappa shape index (κ3) is 4.31. The fourth-order valence-electron chi connectivity index (χ4n) is 3.24. The van der Waals surface area contributed by atoms with E-state index < -0.39 is 7.74 Å². The van der Waals surface area contributed by atoms with Gasteiger partial charge in [0.25, 0.3) is 0 Å². The fraction of sp³-hybridized carbons (Fsp3) is 0.579. The SMILES string of the molecule is CC1C=CC=CC1(C)PC[Si](C)(C)PC1(C)C=CC=CC1C. The first-order valence-electron chi connectivity index (χ1n) is 8.43. The molecule has 0 saturated heterocycles. The summed E-state index contributed by atoms with van der Waals surface area (Å²) in [5.74, 6) is 2.82. The van der Waals surface area contributed by atoms with Crippen LogP contribution in [0.5, 0.6) is 0 Å². The van der Waals surface area contributed by atoms with Gasteiger partial charge in [-0.15, -0.1) is 16.7 Å². The Kier molecular flexibility index (Phi) is 5.75. The third-order valence-electron chi connectivity index (χ3n) is 5.32. The molecule has 2 rings (SSSR count). The smallest absolute Gasteiger partial charge is 0.0766 e. The molecular formula is C19H32P2Si. The van der Waals surface area contributed by atoms with Gasteiger partial charge < -0.3 is 0 Å². The predicted octanol–water partition coefficient (Wildman–Crippen LogP) is 6.13. The minimum Gasteiger partial charge on any atom is -0.122 e. The average molecular weight is 350 g/mol. The molecule has 0 N–H and O–H groups in total. The molecule has 0 aromatic heterocycles. The molecule has 2 aliphatic rings. The van der Waals surface area contributed by atoms with Crippen LogP contribution in [0.25, 0.3) is 0 Å². The van der Waals surface area contributed by atoms with Crippen LogP contribution in [-0.4, -0.2) is 23.8 Å². The van der Waals surface area contributed by atoms with Gasteiger partial charge in [-0.3, -0.25) is 0 Å². The normalized spacial score (nSPS) is 38.8. The van der Waals surface area contributed by atoms with Crippen molar-refractivity contribution in [2.24, 2.45) is 11.8 Å². The first-order valence-corrected chi connectivity index (χ1v) is 14.8. The van der Waals surface area contributed by atoms with E-state index in [9.17, 15) is 0 Å². The second-order valence-electron chi connectivity index (χ2n) is 7.99. The van der Waals surface area contributed by atoms with Crippen molar-refractivity contribution >= 4 is 24.5 Å². The lowest BCUT2D eigenvalue weighted by Crippen LogP contribution is -2.37. The van der Waals surface area contributed by atoms with Crippen LogP contribution in [0.4, 0.5) is 0 Å². The summed E-state index contributed by atoms with van der Waals surface area (Å²) >= 11 is 0. The van der Waals surface area contributed by atoms with E-state index in [4.69, 9.17) is 0 Å². The molecule has 0 aromatic carbocycles. The molecule has 2 aliphatic carbocycles. The highest BCUT2D eigenvalue weighted by Gasteiger charge is 2.37. The lowest BCUT2D eigenvalue weighted by molar-refractivity contribution is 0.595. The Balaban J connectivity index is 1.99. The molecule has 3 heteroatoms. The largest absolute Gasteiger partial charge is 0.122 e. The van der Waals surface area contributed by atoms with E-state index in [1.807, 2.05) is 0 Å². The van der Waals surface area contributed by atoms with Gasteiger partial charge in [0, 0.05) is 10.3 Å². The third-order valence-corrected chi connectivity index (χ3v) is 18.0. The van der Waals surface area contributed by atoms with E-state index in [1.165, 1.54) is 5.79 Å². The summed E-state index contributed by atoms with van der Waals surface area (Å²) < 4.78 is 0. The zero-order valence-corrected chi connectivity index (χ0v) is 18.0. The van der Waals surface area contributed by atoms with Crippen molar-refractivity contribution in [1.29, 1.82) is 0 Å². The highest BCUT2D eigenvalue weighted by atomic mass is 31.3. The van der Waals surface area contributed by atoms with Gasteiger partial charge in [-0.1, -0.05) is 89.4 Å². The number of rotatable bonds is 5. The Bertz CT molecular complexity index is 518. The van der Waals surface area contributed by atoms with Crippen molar-refractivity contribution in [2.75, 3.05) is 5.79 Å². The molecule has 0 aromatic rings. The number of hydrogen-bond acceptors (Lipinski definition) is 0. The molecule has 0 saturated carbocycles. The summed E-state index contributed by atoms with van der Waals surface area (Å²) in [7, 11) is 0.992. The van der Waals surface area contributed by atoms with Crippen molar-refractivity contribution in [1.82, 2.24) is 0 Å². The topological polar surface area (TPSA) is 0 Å². The molecule has 0 nitrogen and oxygen atoms in total. The number of allylic oxidation sites excluding steroid dienone is 8. The van der Waals surface area contributed by atoms with E-state index in [0.29, 0.717) is 22.1 Å². The van der Waals surface area contributed by atoms with Gasteiger partial charge in [0.2, 0.25) is 0 Å². The maximum Gasteiger partial charge on any atom is 0.0766 e. The monoisotopic (exact) mass is 350 g/mol. The van der Waals surface area contributed by atoms with E-state index >= 15 is 0 Å². The fourth-order valence-corrected chi connectivity index (χ4v) is 16.4.